The first-order chi connectivity index (χ1) is 8.22. The van der Waals surface area contributed by atoms with Crippen LogP contribution in [0.15, 0.2) is 23.1 Å². The zero-order valence-electron chi connectivity index (χ0n) is 11.1. The van der Waals surface area contributed by atoms with Crippen molar-refractivity contribution in [2.45, 2.75) is 38.7 Å². The second-order valence-corrected chi connectivity index (χ2v) is 6.53. The largest absolute Gasteiger partial charge is 0.462 e. The molecule has 0 saturated heterocycles. The van der Waals surface area contributed by atoms with Gasteiger partial charge in [-0.2, -0.15) is 0 Å². The number of esters is 1. The van der Waals surface area contributed by atoms with E-state index in [0.717, 1.165) is 11.1 Å². The maximum absolute atomic E-state index is 12.0. The molecule has 0 saturated carbocycles. The molecule has 0 amide bonds. The Morgan fingerprint density at radius 1 is 1.22 bits per heavy atom. The van der Waals surface area contributed by atoms with Crippen LogP contribution < -0.4 is 0 Å². The molecule has 5 heteroatoms. The van der Waals surface area contributed by atoms with Gasteiger partial charge in [0.25, 0.3) is 0 Å². The van der Waals surface area contributed by atoms with Crippen molar-refractivity contribution in [3.63, 3.8) is 0 Å². The van der Waals surface area contributed by atoms with Gasteiger partial charge in [0.15, 0.2) is 15.6 Å². The van der Waals surface area contributed by atoms with Crippen LogP contribution in [0, 0.1) is 13.8 Å². The fraction of sp³-hybridized carbons (Fsp3) is 0.462. The highest BCUT2D eigenvalue weighted by molar-refractivity contribution is 7.92. The van der Waals surface area contributed by atoms with E-state index in [1.165, 1.54) is 6.07 Å². The van der Waals surface area contributed by atoms with Gasteiger partial charge in [-0.25, -0.2) is 8.42 Å². The van der Waals surface area contributed by atoms with Crippen molar-refractivity contribution in [1.82, 2.24) is 0 Å². The molecule has 1 aromatic carbocycles. The van der Waals surface area contributed by atoms with Gasteiger partial charge in [0.2, 0.25) is 0 Å². The Balaban J connectivity index is 2.93. The molecule has 1 aromatic rings. The number of sulfone groups is 1. The van der Waals surface area contributed by atoms with Crippen LogP contribution in [0.5, 0.6) is 0 Å². The highest BCUT2D eigenvalue weighted by atomic mass is 32.2. The Morgan fingerprint density at radius 2 is 1.83 bits per heavy atom. The molecule has 4 nitrogen and oxygen atoms in total. The van der Waals surface area contributed by atoms with Gasteiger partial charge in [-0.15, -0.1) is 0 Å². The maximum Gasteiger partial charge on any atom is 0.321 e. The van der Waals surface area contributed by atoms with Gasteiger partial charge in [-0.3, -0.25) is 4.79 Å². The monoisotopic (exact) mass is 270 g/mol. The molecule has 0 bridgehead atoms. The van der Waals surface area contributed by atoms with Gasteiger partial charge in [0, 0.05) is 0 Å². The van der Waals surface area contributed by atoms with Gasteiger partial charge in [-0.05, 0) is 51.0 Å². The molecular formula is C13H18O4S. The Kier molecular flexibility index (Phi) is 4.51. The predicted molar refractivity (Wildman–Crippen MR) is 69.2 cm³/mol. The standard InChI is InChI=1S/C13H18O4S/c1-9(2)17-13(14)8-18(15,16)12-6-5-10(3)11(4)7-12/h5-7,9H,8H2,1-4H3. The Hall–Kier alpha value is -1.36. The second kappa shape index (κ2) is 5.52. The van der Waals surface area contributed by atoms with Crippen LogP contribution >= 0.6 is 0 Å². The van der Waals surface area contributed by atoms with E-state index in [-0.39, 0.29) is 11.0 Å². The summed E-state index contributed by atoms with van der Waals surface area (Å²) in [6, 6.07) is 4.82. The summed E-state index contributed by atoms with van der Waals surface area (Å²) in [5.41, 5.74) is 1.90. The quantitative estimate of drug-likeness (QED) is 0.785. The van der Waals surface area contributed by atoms with E-state index >= 15 is 0 Å². The molecule has 0 aliphatic heterocycles. The normalized spacial score (nSPS) is 11.6. The topological polar surface area (TPSA) is 60.4 Å². The summed E-state index contributed by atoms with van der Waals surface area (Å²) in [4.78, 5) is 11.6. The SMILES string of the molecule is Cc1ccc(S(=O)(=O)CC(=O)OC(C)C)cc1C. The number of carbonyl (C=O) groups is 1. The lowest BCUT2D eigenvalue weighted by atomic mass is 10.1. The number of benzene rings is 1. The highest BCUT2D eigenvalue weighted by Gasteiger charge is 2.21. The molecule has 100 valence electrons. The number of carbonyl (C=O) groups excluding carboxylic acids is 1. The first-order valence-corrected chi connectivity index (χ1v) is 7.37. The van der Waals surface area contributed by atoms with Crippen molar-refractivity contribution < 1.29 is 17.9 Å². The molecule has 0 unspecified atom stereocenters. The van der Waals surface area contributed by atoms with Crippen molar-refractivity contribution >= 4 is 15.8 Å². The summed E-state index contributed by atoms with van der Waals surface area (Å²) in [6.45, 7) is 7.10. The van der Waals surface area contributed by atoms with Gasteiger partial charge in [0.1, 0.15) is 0 Å². The van der Waals surface area contributed by atoms with Crippen LogP contribution in [0.3, 0.4) is 0 Å². The minimum atomic E-state index is -3.62. The van der Waals surface area contributed by atoms with Crippen molar-refractivity contribution in [3.05, 3.63) is 29.3 Å². The summed E-state index contributed by atoms with van der Waals surface area (Å²) in [5, 5.41) is 0. The summed E-state index contributed by atoms with van der Waals surface area (Å²) in [7, 11) is -3.62. The van der Waals surface area contributed by atoms with Crippen molar-refractivity contribution in [1.29, 1.82) is 0 Å². The zero-order chi connectivity index (χ0) is 13.9. The van der Waals surface area contributed by atoms with Crippen molar-refractivity contribution in [3.8, 4) is 0 Å². The Morgan fingerprint density at radius 3 is 2.33 bits per heavy atom. The lowest BCUT2D eigenvalue weighted by molar-refractivity contribution is -0.144. The number of hydrogen-bond donors (Lipinski definition) is 0. The molecule has 0 radical (unpaired) electrons. The van der Waals surface area contributed by atoms with Crippen LogP contribution in [0.1, 0.15) is 25.0 Å². The van der Waals surface area contributed by atoms with E-state index in [4.69, 9.17) is 4.74 Å². The zero-order valence-corrected chi connectivity index (χ0v) is 11.9. The molecule has 0 aromatic heterocycles. The molecule has 18 heavy (non-hydrogen) atoms. The molecular weight excluding hydrogens is 252 g/mol. The third kappa shape index (κ3) is 3.84. The molecule has 0 fully saturated rings. The van der Waals surface area contributed by atoms with Crippen molar-refractivity contribution in [2.75, 3.05) is 5.75 Å². The van der Waals surface area contributed by atoms with Crippen molar-refractivity contribution in [2.24, 2.45) is 0 Å². The number of aryl methyl sites for hydroxylation is 2. The third-order valence-corrected chi connectivity index (χ3v) is 4.10. The summed E-state index contributed by atoms with van der Waals surface area (Å²) in [5.74, 6) is -1.34. The number of rotatable bonds is 4. The minimum absolute atomic E-state index is 0.159. The third-order valence-electron chi connectivity index (χ3n) is 2.51. The van der Waals surface area contributed by atoms with Crippen LogP contribution in [0.2, 0.25) is 0 Å². The second-order valence-electron chi connectivity index (χ2n) is 4.54. The lowest BCUT2D eigenvalue weighted by Gasteiger charge is -2.09. The summed E-state index contributed by atoms with van der Waals surface area (Å²) < 4.78 is 28.8. The maximum atomic E-state index is 12.0. The molecule has 0 spiro atoms. The van der Waals surface area contributed by atoms with E-state index in [2.05, 4.69) is 0 Å². The summed E-state index contributed by atoms with van der Waals surface area (Å²) >= 11 is 0. The van der Waals surface area contributed by atoms with E-state index in [9.17, 15) is 13.2 Å². The van der Waals surface area contributed by atoms with Crippen LogP contribution in [0.25, 0.3) is 0 Å². The van der Waals surface area contributed by atoms with E-state index in [1.54, 1.807) is 26.0 Å². The van der Waals surface area contributed by atoms with Crippen LogP contribution in [-0.4, -0.2) is 26.2 Å². The molecule has 0 heterocycles. The molecule has 0 aliphatic rings. The van der Waals surface area contributed by atoms with Gasteiger partial charge in [-0.1, -0.05) is 6.07 Å². The lowest BCUT2D eigenvalue weighted by Crippen LogP contribution is -2.21. The number of hydrogen-bond acceptors (Lipinski definition) is 4. The predicted octanol–water partition coefficient (Wildman–Crippen LogP) is 2.03. The molecule has 1 rings (SSSR count). The smallest absolute Gasteiger partial charge is 0.321 e. The minimum Gasteiger partial charge on any atom is -0.462 e. The Labute approximate surface area is 108 Å². The average molecular weight is 270 g/mol. The molecule has 0 atom stereocenters. The van der Waals surface area contributed by atoms with Gasteiger partial charge >= 0.3 is 5.97 Å². The van der Waals surface area contributed by atoms with E-state index in [1.807, 2.05) is 13.8 Å². The molecule has 0 N–H and O–H groups in total. The van der Waals surface area contributed by atoms with Crippen LogP contribution in [-0.2, 0) is 19.4 Å². The highest BCUT2D eigenvalue weighted by Crippen LogP contribution is 2.16. The summed E-state index contributed by atoms with van der Waals surface area (Å²) in [6.07, 6.45) is -0.313. The molecule has 0 aliphatic carbocycles. The fourth-order valence-electron chi connectivity index (χ4n) is 1.44. The van der Waals surface area contributed by atoms with Gasteiger partial charge in [0.05, 0.1) is 11.0 Å². The average Bonchev–Trinajstić information content (AvgIpc) is 2.19. The van der Waals surface area contributed by atoms with Crippen LogP contribution in [0.4, 0.5) is 0 Å². The first kappa shape index (κ1) is 14.7. The number of ether oxygens (including phenoxy) is 1. The van der Waals surface area contributed by atoms with E-state index < -0.39 is 21.6 Å². The fourth-order valence-corrected chi connectivity index (χ4v) is 2.62. The Bertz CT molecular complexity index is 544. The van der Waals surface area contributed by atoms with E-state index in [0.29, 0.717) is 0 Å². The van der Waals surface area contributed by atoms with Gasteiger partial charge < -0.3 is 4.74 Å². The first-order valence-electron chi connectivity index (χ1n) is 5.72.